The van der Waals surface area contributed by atoms with E-state index in [2.05, 4.69) is 20.9 Å². The van der Waals surface area contributed by atoms with Crippen LogP contribution in [0.15, 0.2) is 54.5 Å². The number of nitrogens with one attached hydrogen (secondary N) is 1. The van der Waals surface area contributed by atoms with Crippen LogP contribution in [0.25, 0.3) is 32.2 Å². The van der Waals surface area contributed by atoms with Crippen molar-refractivity contribution in [1.29, 1.82) is 5.26 Å². The molecule has 5 heterocycles. The molecule has 0 amide bonds. The smallest absolute Gasteiger partial charge is 0.374 e. The fourth-order valence-corrected chi connectivity index (χ4v) is 8.11. The predicted molar refractivity (Wildman–Crippen MR) is 167 cm³/mol. The molecule has 7 rings (SSSR count). The molecular formula is C32H32ClF3N6O2S. The number of hydrogen-bond donors (Lipinski definition) is 3. The first-order valence-electron chi connectivity index (χ1n) is 15.0. The van der Waals surface area contributed by atoms with Gasteiger partial charge in [0.2, 0.25) is 0 Å². The summed E-state index contributed by atoms with van der Waals surface area (Å²) in [5, 5.41) is 37.0. The molecule has 3 N–H and O–H groups in total. The zero-order valence-electron chi connectivity index (χ0n) is 24.3. The molecule has 45 heavy (non-hydrogen) atoms. The Balaban J connectivity index is 1.25. The summed E-state index contributed by atoms with van der Waals surface area (Å²) in [6, 6.07) is 12.2. The molecule has 0 bridgehead atoms. The van der Waals surface area contributed by atoms with Crippen LogP contribution < -0.4 is 5.32 Å². The van der Waals surface area contributed by atoms with Crippen LogP contribution in [0.3, 0.4) is 0 Å². The molecule has 0 spiro atoms. The number of aromatic nitrogens is 2. The third-order valence-corrected chi connectivity index (χ3v) is 10.5. The van der Waals surface area contributed by atoms with Crippen molar-refractivity contribution in [2.75, 3.05) is 19.6 Å². The maximum atomic E-state index is 13.5. The summed E-state index contributed by atoms with van der Waals surface area (Å²) in [7, 11) is 0. The van der Waals surface area contributed by atoms with Crippen molar-refractivity contribution in [3.05, 3.63) is 64.4 Å². The molecule has 3 aliphatic rings. The molecule has 4 aromatic rings. The number of aliphatic hydroxyl groups is 2. The van der Waals surface area contributed by atoms with Crippen LogP contribution in [0.5, 0.6) is 0 Å². The number of fused-ring (bicyclic) bond motifs is 2. The van der Waals surface area contributed by atoms with Crippen molar-refractivity contribution in [3.63, 3.8) is 0 Å². The standard InChI is InChI=1S/C32H32ClF3N6O2S/c33-21-11-20-4-10-40(17-31(16-37)5-8-38-9-6-31)28(20)24(12-21)23-3-7-39-25-13-22(45-29(23)25)15-41-27(43)14-26(19-1-2-19)42(30(41)44)18-32(34,35)36/h3-4,7,10-14,19,27,30,38,43-44H,1-2,5-6,8-9,15,17-18H2. The number of alkyl halides is 3. The van der Waals surface area contributed by atoms with E-state index in [0.717, 1.165) is 75.3 Å². The molecule has 2 fully saturated rings. The van der Waals surface area contributed by atoms with Gasteiger partial charge in [-0.25, -0.2) is 4.90 Å². The van der Waals surface area contributed by atoms with Gasteiger partial charge in [0.1, 0.15) is 12.8 Å². The molecular weight excluding hydrogens is 625 g/mol. The van der Waals surface area contributed by atoms with Crippen molar-refractivity contribution in [3.8, 4) is 17.2 Å². The highest BCUT2D eigenvalue weighted by Crippen LogP contribution is 2.44. The molecule has 1 saturated heterocycles. The lowest BCUT2D eigenvalue weighted by atomic mass is 9.80. The van der Waals surface area contributed by atoms with Crippen molar-refractivity contribution >= 4 is 44.1 Å². The lowest BCUT2D eigenvalue weighted by Crippen LogP contribution is -2.57. The Morgan fingerprint density at radius 2 is 1.91 bits per heavy atom. The largest absolute Gasteiger partial charge is 0.406 e. The van der Waals surface area contributed by atoms with Crippen molar-refractivity contribution in [2.45, 2.75) is 57.5 Å². The summed E-state index contributed by atoms with van der Waals surface area (Å²) in [6.45, 7) is 0.848. The van der Waals surface area contributed by atoms with Crippen LogP contribution in [-0.2, 0) is 13.1 Å². The number of aliphatic hydroxyl groups excluding tert-OH is 2. The first kappa shape index (κ1) is 30.5. The number of halogens is 4. The van der Waals surface area contributed by atoms with Crippen LogP contribution in [0.4, 0.5) is 13.2 Å². The van der Waals surface area contributed by atoms with Gasteiger partial charge in [-0.2, -0.15) is 18.4 Å². The average Bonchev–Trinajstić information content (AvgIpc) is 3.65. The van der Waals surface area contributed by atoms with Crippen molar-refractivity contribution in [1.82, 2.24) is 24.7 Å². The van der Waals surface area contributed by atoms with Gasteiger partial charge in [-0.3, -0.25) is 4.98 Å². The van der Waals surface area contributed by atoms with Crippen LogP contribution in [-0.4, -0.2) is 68.0 Å². The molecule has 13 heteroatoms. The van der Waals surface area contributed by atoms with Crippen LogP contribution in [0, 0.1) is 22.7 Å². The van der Waals surface area contributed by atoms with E-state index in [4.69, 9.17) is 11.6 Å². The molecule has 236 valence electrons. The van der Waals surface area contributed by atoms with Crippen LogP contribution in [0.1, 0.15) is 30.6 Å². The second-order valence-corrected chi connectivity index (χ2v) is 13.9. The Kier molecular flexibility index (Phi) is 7.83. The van der Waals surface area contributed by atoms with Crippen molar-refractivity contribution < 1.29 is 23.4 Å². The Morgan fingerprint density at radius 3 is 2.62 bits per heavy atom. The number of benzene rings is 1. The molecule has 3 aromatic heterocycles. The van der Waals surface area contributed by atoms with Gasteiger partial charge in [0.05, 0.1) is 27.2 Å². The molecule has 1 aromatic carbocycles. The highest BCUT2D eigenvalue weighted by Gasteiger charge is 2.44. The minimum absolute atomic E-state index is 0.0195. The zero-order valence-corrected chi connectivity index (χ0v) is 25.8. The maximum absolute atomic E-state index is 13.5. The normalized spacial score (nSPS) is 22.6. The minimum atomic E-state index is -4.51. The molecule has 2 aliphatic heterocycles. The van der Waals surface area contributed by atoms with Gasteiger partial charge in [-0.1, -0.05) is 11.6 Å². The first-order valence-corrected chi connectivity index (χ1v) is 16.2. The highest BCUT2D eigenvalue weighted by atomic mass is 35.5. The molecule has 2 atom stereocenters. The monoisotopic (exact) mass is 656 g/mol. The summed E-state index contributed by atoms with van der Waals surface area (Å²) in [6.07, 6.45) is 0.724. The Hall–Kier alpha value is -3.18. The minimum Gasteiger partial charge on any atom is -0.374 e. The number of allylic oxidation sites excluding steroid dienone is 1. The predicted octanol–water partition coefficient (Wildman–Crippen LogP) is 6.03. The van der Waals surface area contributed by atoms with E-state index in [0.29, 0.717) is 22.8 Å². The van der Waals surface area contributed by atoms with E-state index in [-0.39, 0.29) is 12.5 Å². The zero-order chi connectivity index (χ0) is 31.5. The fourth-order valence-electron chi connectivity index (χ4n) is 6.73. The van der Waals surface area contributed by atoms with Crippen LogP contribution in [0.2, 0.25) is 5.02 Å². The molecule has 2 unspecified atom stereocenters. The van der Waals surface area contributed by atoms with E-state index >= 15 is 0 Å². The van der Waals surface area contributed by atoms with Gasteiger partial charge in [0.25, 0.3) is 0 Å². The number of nitrogens with zero attached hydrogens (tertiary/aromatic N) is 5. The quantitative estimate of drug-likeness (QED) is 0.223. The number of hydrogen-bond acceptors (Lipinski definition) is 8. The van der Waals surface area contributed by atoms with Gasteiger partial charge in [-0.05, 0) is 81.1 Å². The highest BCUT2D eigenvalue weighted by molar-refractivity contribution is 7.19. The van der Waals surface area contributed by atoms with Crippen LogP contribution >= 0.6 is 22.9 Å². The Morgan fingerprint density at radius 1 is 1.13 bits per heavy atom. The number of nitriles is 1. The SMILES string of the molecule is N#CC1(Cn2ccc3cc(Cl)cc(-c4ccnc5cc(CN6C(O)C=C(C7CC7)N(CC(F)(F)F)C6O)sc45)c32)CCNCC1. The topological polar surface area (TPSA) is 101 Å². The summed E-state index contributed by atoms with van der Waals surface area (Å²) in [4.78, 5) is 7.50. The average molecular weight is 657 g/mol. The number of piperidine rings is 1. The van der Waals surface area contributed by atoms with Gasteiger partial charge < -0.3 is 25.0 Å². The fraction of sp³-hybridized carbons (Fsp3) is 0.438. The second kappa shape index (κ2) is 11.6. The first-order chi connectivity index (χ1) is 21.5. The Labute approximate surface area is 266 Å². The summed E-state index contributed by atoms with van der Waals surface area (Å²) in [5.41, 5.74) is 3.28. The number of pyridine rings is 1. The third-order valence-electron chi connectivity index (χ3n) is 9.10. The number of thiophene rings is 1. The van der Waals surface area contributed by atoms with E-state index in [1.165, 1.54) is 22.3 Å². The maximum Gasteiger partial charge on any atom is 0.406 e. The van der Waals surface area contributed by atoms with E-state index in [9.17, 15) is 28.6 Å². The van der Waals surface area contributed by atoms with Gasteiger partial charge in [-0.15, -0.1) is 11.3 Å². The van der Waals surface area contributed by atoms with Gasteiger partial charge >= 0.3 is 6.18 Å². The van der Waals surface area contributed by atoms with E-state index in [1.807, 2.05) is 36.5 Å². The number of rotatable bonds is 7. The second-order valence-electron chi connectivity index (χ2n) is 12.3. The van der Waals surface area contributed by atoms with Gasteiger partial charge in [0.15, 0.2) is 6.35 Å². The van der Waals surface area contributed by atoms with Crippen molar-refractivity contribution in [2.24, 2.45) is 11.3 Å². The molecule has 8 nitrogen and oxygen atoms in total. The lowest BCUT2D eigenvalue weighted by Gasteiger charge is -2.44. The van der Waals surface area contributed by atoms with E-state index < -0.39 is 30.7 Å². The molecule has 1 saturated carbocycles. The summed E-state index contributed by atoms with van der Waals surface area (Å²) in [5.74, 6) is -0.0822. The lowest BCUT2D eigenvalue weighted by molar-refractivity contribution is -0.211. The summed E-state index contributed by atoms with van der Waals surface area (Å²) < 4.78 is 43.4. The van der Waals surface area contributed by atoms with Gasteiger partial charge in [0, 0.05) is 57.6 Å². The molecule has 0 radical (unpaired) electrons. The molecule has 1 aliphatic carbocycles. The van der Waals surface area contributed by atoms with E-state index in [1.54, 1.807) is 6.20 Å². The third kappa shape index (κ3) is 5.93. The summed E-state index contributed by atoms with van der Waals surface area (Å²) >= 11 is 8.02. The Bertz CT molecular complexity index is 1820.